The number of hydrogen-bond acceptors (Lipinski definition) is 4. The van der Waals surface area contributed by atoms with Crippen LogP contribution in [0.5, 0.6) is 0 Å². The number of nitrogens with one attached hydrogen (secondary N) is 1. The van der Waals surface area contributed by atoms with E-state index in [0.29, 0.717) is 17.5 Å². The van der Waals surface area contributed by atoms with Gasteiger partial charge in [-0.15, -0.1) is 5.10 Å². The van der Waals surface area contributed by atoms with E-state index in [1.807, 2.05) is 43.3 Å². The number of carbonyl (C=O) groups excluding carboxylic acids is 1. The Bertz CT molecular complexity index is 829. The van der Waals surface area contributed by atoms with Crippen LogP contribution in [0.4, 0.5) is 0 Å². The van der Waals surface area contributed by atoms with Crippen LogP contribution < -0.4 is 5.32 Å². The molecule has 3 aromatic rings. The van der Waals surface area contributed by atoms with E-state index in [1.165, 1.54) is 0 Å². The zero-order valence-electron chi connectivity index (χ0n) is 13.5. The Morgan fingerprint density at radius 3 is 2.75 bits per heavy atom. The largest absolute Gasteiger partial charge is 0.394 e. The van der Waals surface area contributed by atoms with Crippen LogP contribution in [0.2, 0.25) is 0 Å². The maximum absolute atomic E-state index is 12.4. The Morgan fingerprint density at radius 1 is 1.25 bits per heavy atom. The van der Waals surface area contributed by atoms with Crippen LogP contribution in [0.1, 0.15) is 22.8 Å². The average Bonchev–Trinajstić information content (AvgIpc) is 3.04. The first-order chi connectivity index (χ1) is 11.7. The molecule has 0 saturated carbocycles. The van der Waals surface area contributed by atoms with E-state index >= 15 is 0 Å². The maximum atomic E-state index is 12.4. The molecule has 2 N–H and O–H groups in total. The second-order valence-corrected chi connectivity index (χ2v) is 5.65. The lowest BCUT2D eigenvalue weighted by atomic mass is 10.1. The Labute approximate surface area is 140 Å². The summed E-state index contributed by atoms with van der Waals surface area (Å²) in [4.78, 5) is 12.4. The molecular weight excluding hydrogens is 304 g/mol. The van der Waals surface area contributed by atoms with Gasteiger partial charge in [0, 0.05) is 12.1 Å². The smallest absolute Gasteiger partial charge is 0.251 e. The normalized spacial score (nSPS) is 12.2. The molecule has 0 bridgehead atoms. The van der Waals surface area contributed by atoms with E-state index in [-0.39, 0.29) is 18.6 Å². The van der Waals surface area contributed by atoms with E-state index in [9.17, 15) is 9.90 Å². The summed E-state index contributed by atoms with van der Waals surface area (Å²) in [7, 11) is 0. The van der Waals surface area contributed by atoms with Crippen LogP contribution in [0.3, 0.4) is 0 Å². The second kappa shape index (κ2) is 7.23. The van der Waals surface area contributed by atoms with Crippen LogP contribution in [0, 0.1) is 0 Å². The number of hydrogen-bond donors (Lipinski definition) is 2. The number of aliphatic hydroxyl groups excluding tert-OH is 1. The van der Waals surface area contributed by atoms with Gasteiger partial charge >= 0.3 is 0 Å². The molecule has 124 valence electrons. The Balaban J connectivity index is 1.73. The second-order valence-electron chi connectivity index (χ2n) is 5.65. The van der Waals surface area contributed by atoms with Crippen LogP contribution in [0.15, 0.2) is 48.5 Å². The molecule has 24 heavy (non-hydrogen) atoms. The predicted octanol–water partition coefficient (Wildman–Crippen LogP) is 1.78. The van der Waals surface area contributed by atoms with Gasteiger partial charge in [0.05, 0.1) is 18.2 Å². The molecule has 1 unspecified atom stereocenters. The molecule has 0 aliphatic heterocycles. The van der Waals surface area contributed by atoms with Gasteiger partial charge in [0.25, 0.3) is 5.91 Å². The summed E-state index contributed by atoms with van der Waals surface area (Å²) in [6.45, 7) is 2.60. The van der Waals surface area contributed by atoms with Gasteiger partial charge in [-0.2, -0.15) is 0 Å². The van der Waals surface area contributed by atoms with Crippen molar-refractivity contribution in [2.75, 3.05) is 6.61 Å². The van der Waals surface area contributed by atoms with Crippen LogP contribution in [-0.2, 0) is 13.0 Å². The van der Waals surface area contributed by atoms with Gasteiger partial charge in [-0.1, -0.05) is 35.5 Å². The molecule has 6 heteroatoms. The van der Waals surface area contributed by atoms with Crippen molar-refractivity contribution in [1.82, 2.24) is 20.3 Å². The first-order valence-electron chi connectivity index (χ1n) is 8.00. The maximum Gasteiger partial charge on any atom is 0.251 e. The molecule has 2 aromatic carbocycles. The summed E-state index contributed by atoms with van der Waals surface area (Å²) in [5, 5.41) is 20.5. The molecule has 1 amide bonds. The van der Waals surface area contributed by atoms with Crippen molar-refractivity contribution in [3.05, 3.63) is 59.7 Å². The third kappa shape index (κ3) is 3.44. The highest BCUT2D eigenvalue weighted by Crippen LogP contribution is 2.14. The number of aliphatic hydroxyl groups is 1. The minimum Gasteiger partial charge on any atom is -0.394 e. The summed E-state index contributed by atoms with van der Waals surface area (Å²) >= 11 is 0. The molecular formula is C18H20N4O2. The van der Waals surface area contributed by atoms with Crippen molar-refractivity contribution < 1.29 is 9.90 Å². The van der Waals surface area contributed by atoms with Gasteiger partial charge < -0.3 is 10.4 Å². The third-order valence-corrected chi connectivity index (χ3v) is 3.96. The highest BCUT2D eigenvalue weighted by atomic mass is 16.3. The first-order valence-corrected chi connectivity index (χ1v) is 8.00. The zero-order chi connectivity index (χ0) is 16.9. The van der Waals surface area contributed by atoms with E-state index < -0.39 is 0 Å². The molecule has 0 aliphatic rings. The molecule has 3 rings (SSSR count). The lowest BCUT2D eigenvalue weighted by Gasteiger charge is -2.16. The summed E-state index contributed by atoms with van der Waals surface area (Å²) < 4.78 is 1.78. The molecule has 6 nitrogen and oxygen atoms in total. The summed E-state index contributed by atoms with van der Waals surface area (Å²) in [5.41, 5.74) is 3.17. The molecule has 1 heterocycles. The van der Waals surface area contributed by atoms with Crippen molar-refractivity contribution in [3.63, 3.8) is 0 Å². The van der Waals surface area contributed by atoms with Crippen LogP contribution in [0.25, 0.3) is 11.0 Å². The Kier molecular flexibility index (Phi) is 4.86. The SMILES string of the molecule is CCn1nnc2cc(C(=O)NC(CO)Cc3ccccc3)ccc21. The number of carbonyl (C=O) groups is 1. The van der Waals surface area contributed by atoms with Gasteiger partial charge in [-0.05, 0) is 37.1 Å². The number of nitrogens with zero attached hydrogens (tertiary/aromatic N) is 3. The fourth-order valence-electron chi connectivity index (χ4n) is 2.68. The highest BCUT2D eigenvalue weighted by Gasteiger charge is 2.15. The topological polar surface area (TPSA) is 80.0 Å². The number of fused-ring (bicyclic) bond motifs is 1. The summed E-state index contributed by atoms with van der Waals surface area (Å²) in [5.74, 6) is -0.224. The van der Waals surface area contributed by atoms with E-state index in [0.717, 1.165) is 17.6 Å². The van der Waals surface area contributed by atoms with E-state index in [2.05, 4.69) is 15.6 Å². The number of amides is 1. The van der Waals surface area contributed by atoms with Crippen LogP contribution in [-0.4, -0.2) is 38.7 Å². The van der Waals surface area contributed by atoms with Crippen molar-refractivity contribution in [2.24, 2.45) is 0 Å². The standard InChI is InChI=1S/C18H20N4O2/c1-2-22-17-9-8-14(11-16(17)20-21-22)18(24)19-15(12-23)10-13-6-4-3-5-7-13/h3-9,11,15,23H,2,10,12H2,1H3,(H,19,24). The first kappa shape index (κ1) is 16.1. The minimum absolute atomic E-state index is 0.116. The van der Waals surface area contributed by atoms with Crippen molar-refractivity contribution in [1.29, 1.82) is 0 Å². The number of rotatable bonds is 6. The molecule has 0 radical (unpaired) electrons. The lowest BCUT2D eigenvalue weighted by molar-refractivity contribution is 0.0916. The fourth-order valence-corrected chi connectivity index (χ4v) is 2.68. The fraction of sp³-hybridized carbons (Fsp3) is 0.278. The molecule has 0 aliphatic carbocycles. The molecule has 1 atom stereocenters. The monoisotopic (exact) mass is 324 g/mol. The van der Waals surface area contributed by atoms with Gasteiger partial charge in [-0.25, -0.2) is 4.68 Å². The Morgan fingerprint density at radius 2 is 2.04 bits per heavy atom. The quantitative estimate of drug-likeness (QED) is 0.724. The number of benzene rings is 2. The van der Waals surface area contributed by atoms with Crippen molar-refractivity contribution in [3.8, 4) is 0 Å². The lowest BCUT2D eigenvalue weighted by Crippen LogP contribution is -2.39. The Hall–Kier alpha value is -2.73. The molecule has 1 aromatic heterocycles. The molecule has 0 saturated heterocycles. The number of aryl methyl sites for hydroxylation is 1. The van der Waals surface area contributed by atoms with Gasteiger partial charge in [-0.3, -0.25) is 4.79 Å². The van der Waals surface area contributed by atoms with Gasteiger partial charge in [0.1, 0.15) is 5.52 Å². The van der Waals surface area contributed by atoms with E-state index in [4.69, 9.17) is 0 Å². The van der Waals surface area contributed by atoms with Crippen LogP contribution >= 0.6 is 0 Å². The van der Waals surface area contributed by atoms with Crippen molar-refractivity contribution in [2.45, 2.75) is 25.9 Å². The van der Waals surface area contributed by atoms with Crippen molar-refractivity contribution >= 4 is 16.9 Å². The third-order valence-electron chi connectivity index (χ3n) is 3.96. The average molecular weight is 324 g/mol. The minimum atomic E-state index is -0.332. The predicted molar refractivity (Wildman–Crippen MR) is 91.7 cm³/mol. The summed E-state index contributed by atoms with van der Waals surface area (Å²) in [6, 6.07) is 14.8. The molecule has 0 spiro atoms. The van der Waals surface area contributed by atoms with Gasteiger partial charge in [0.15, 0.2) is 0 Å². The van der Waals surface area contributed by atoms with E-state index in [1.54, 1.807) is 16.8 Å². The highest BCUT2D eigenvalue weighted by molar-refractivity contribution is 5.97. The zero-order valence-corrected chi connectivity index (χ0v) is 13.5. The molecule has 0 fully saturated rings. The van der Waals surface area contributed by atoms with Gasteiger partial charge in [0.2, 0.25) is 0 Å². The summed E-state index contributed by atoms with van der Waals surface area (Å²) in [6.07, 6.45) is 0.581. The number of aromatic nitrogens is 3.